The number of hydrogen-bond acceptors (Lipinski definition) is 5. The number of nitrogens with zero attached hydrogens (tertiary/aromatic N) is 5. The average Bonchev–Trinajstić information content (AvgIpc) is 3.34. The van der Waals surface area contributed by atoms with Crippen LogP contribution in [0.15, 0.2) is 53.5 Å². The highest BCUT2D eigenvalue weighted by atomic mass is 16.2. The van der Waals surface area contributed by atoms with E-state index < -0.39 is 11.0 Å². The molecule has 0 atom stereocenters. The summed E-state index contributed by atoms with van der Waals surface area (Å²) in [6, 6.07) is 16.3. The van der Waals surface area contributed by atoms with E-state index in [1.54, 1.807) is 0 Å². The van der Waals surface area contributed by atoms with Gasteiger partial charge in [-0.3, -0.25) is 14.7 Å². The van der Waals surface area contributed by atoms with Crippen molar-refractivity contribution in [2.45, 2.75) is 66.0 Å². The molecule has 0 fully saturated rings. The summed E-state index contributed by atoms with van der Waals surface area (Å²) in [5.41, 5.74) is 3.10. The maximum absolute atomic E-state index is 13.5. The molecule has 172 valence electrons. The van der Waals surface area contributed by atoms with Gasteiger partial charge in [0.2, 0.25) is 11.7 Å². The maximum atomic E-state index is 13.5. The molecular weight excluding hydrogens is 412 g/mol. The minimum atomic E-state index is -0.563. The molecule has 2 heterocycles. The largest absolute Gasteiger partial charge is 0.296 e. The first-order valence-corrected chi connectivity index (χ1v) is 11.6. The first-order valence-electron chi connectivity index (χ1n) is 11.6. The number of tetrazole rings is 1. The molecule has 0 saturated heterocycles. The van der Waals surface area contributed by atoms with E-state index in [9.17, 15) is 4.79 Å². The van der Waals surface area contributed by atoms with Crippen LogP contribution in [0.25, 0.3) is 22.5 Å². The first-order chi connectivity index (χ1) is 15.7. The Bertz CT molecular complexity index is 1150. The molecule has 0 saturated carbocycles. The zero-order valence-electron chi connectivity index (χ0n) is 20.1. The van der Waals surface area contributed by atoms with Gasteiger partial charge in [-0.2, -0.15) is 5.21 Å². The number of aromatic nitrogens is 4. The number of aromatic amines is 1. The third-order valence-electron chi connectivity index (χ3n) is 6.90. The van der Waals surface area contributed by atoms with Gasteiger partial charge in [-0.1, -0.05) is 61.9 Å². The number of amides is 1. The fourth-order valence-electron chi connectivity index (χ4n) is 4.11. The van der Waals surface area contributed by atoms with Crippen molar-refractivity contribution in [1.29, 1.82) is 0 Å². The van der Waals surface area contributed by atoms with Crippen molar-refractivity contribution in [2.75, 3.05) is 0 Å². The average molecular weight is 445 g/mol. The molecule has 1 N–H and O–H groups in total. The van der Waals surface area contributed by atoms with E-state index >= 15 is 0 Å². The lowest BCUT2D eigenvalue weighted by Gasteiger charge is -2.46. The Morgan fingerprint density at radius 2 is 1.67 bits per heavy atom. The summed E-state index contributed by atoms with van der Waals surface area (Å²) in [4.78, 5) is 20.5. The van der Waals surface area contributed by atoms with E-state index in [0.29, 0.717) is 12.4 Å². The number of hydrogen-bond donors (Lipinski definition) is 1. The topological polar surface area (TPSA) is 87.1 Å². The summed E-state index contributed by atoms with van der Waals surface area (Å²) >= 11 is 0. The van der Waals surface area contributed by atoms with Crippen molar-refractivity contribution in [3.63, 3.8) is 0 Å². The van der Waals surface area contributed by atoms with E-state index in [0.717, 1.165) is 47.4 Å². The number of rotatable bonds is 7. The summed E-state index contributed by atoms with van der Waals surface area (Å²) in [5.74, 6) is 1.60. The molecule has 33 heavy (non-hydrogen) atoms. The Morgan fingerprint density at radius 3 is 2.30 bits per heavy atom. The van der Waals surface area contributed by atoms with Gasteiger partial charge in [0.1, 0.15) is 5.84 Å². The predicted molar refractivity (Wildman–Crippen MR) is 130 cm³/mol. The van der Waals surface area contributed by atoms with Crippen LogP contribution in [0.2, 0.25) is 0 Å². The lowest BCUT2D eigenvalue weighted by molar-refractivity contribution is -0.141. The third-order valence-corrected chi connectivity index (χ3v) is 6.90. The van der Waals surface area contributed by atoms with E-state index in [-0.39, 0.29) is 5.91 Å². The molecule has 2 aromatic carbocycles. The van der Waals surface area contributed by atoms with Gasteiger partial charge in [0.25, 0.3) is 0 Å². The van der Waals surface area contributed by atoms with Crippen LogP contribution in [-0.4, -0.2) is 42.8 Å². The third kappa shape index (κ3) is 4.32. The van der Waals surface area contributed by atoms with Crippen LogP contribution in [0, 0.1) is 5.41 Å². The Hall–Kier alpha value is -3.35. The molecule has 1 aliphatic heterocycles. The van der Waals surface area contributed by atoms with Crippen molar-refractivity contribution < 1.29 is 4.79 Å². The smallest absolute Gasteiger partial charge is 0.236 e. The van der Waals surface area contributed by atoms with Gasteiger partial charge in [-0.05, 0) is 56.0 Å². The molecule has 0 aliphatic carbocycles. The molecule has 1 amide bonds. The monoisotopic (exact) mass is 444 g/mol. The van der Waals surface area contributed by atoms with Crippen LogP contribution in [0.1, 0.15) is 59.4 Å². The normalized spacial score (nSPS) is 17.2. The summed E-state index contributed by atoms with van der Waals surface area (Å²) in [6.07, 6.45) is 2.90. The zero-order valence-corrected chi connectivity index (χ0v) is 20.1. The number of H-pyrrole nitrogens is 1. The quantitative estimate of drug-likeness (QED) is 0.538. The number of nitrogens with one attached hydrogen (secondary N) is 1. The van der Waals surface area contributed by atoms with Crippen LogP contribution in [-0.2, 0) is 11.3 Å². The summed E-state index contributed by atoms with van der Waals surface area (Å²) < 4.78 is 0. The fraction of sp³-hybridized carbons (Fsp3) is 0.423. The molecule has 0 spiro atoms. The molecule has 7 heteroatoms. The number of carbonyl (C=O) groups is 1. The first kappa shape index (κ1) is 22.8. The van der Waals surface area contributed by atoms with Gasteiger partial charge in [0, 0.05) is 12.0 Å². The molecule has 4 rings (SSSR count). The van der Waals surface area contributed by atoms with E-state index in [1.807, 2.05) is 36.9 Å². The minimum absolute atomic E-state index is 0.139. The lowest BCUT2D eigenvalue weighted by atomic mass is 9.72. The minimum Gasteiger partial charge on any atom is -0.296 e. The SMILES string of the molecule is CCCCC1=NC(C)(C)C(C)(C)C(=O)N1Cc1ccc(-c2ccccc2-c2nn[nH]n2)cc1. The van der Waals surface area contributed by atoms with E-state index in [4.69, 9.17) is 4.99 Å². The highest BCUT2D eigenvalue weighted by Gasteiger charge is 2.49. The van der Waals surface area contributed by atoms with Crippen LogP contribution in [0.5, 0.6) is 0 Å². The molecule has 0 radical (unpaired) electrons. The van der Waals surface area contributed by atoms with Gasteiger partial charge < -0.3 is 0 Å². The van der Waals surface area contributed by atoms with Crippen LogP contribution in [0.3, 0.4) is 0 Å². The molecule has 1 aliphatic rings. The Morgan fingerprint density at radius 1 is 0.970 bits per heavy atom. The van der Waals surface area contributed by atoms with E-state index in [2.05, 4.69) is 71.7 Å². The molecule has 7 nitrogen and oxygen atoms in total. The number of amidine groups is 1. The number of unbranched alkanes of at least 4 members (excludes halogenated alkanes) is 1. The Kier molecular flexibility index (Phi) is 6.15. The van der Waals surface area contributed by atoms with Crippen molar-refractivity contribution >= 4 is 11.7 Å². The predicted octanol–water partition coefficient (Wildman–Crippen LogP) is 5.27. The highest BCUT2D eigenvalue weighted by molar-refractivity contribution is 6.03. The van der Waals surface area contributed by atoms with Crippen molar-refractivity contribution in [2.24, 2.45) is 10.4 Å². The number of benzene rings is 2. The molecule has 1 aromatic heterocycles. The van der Waals surface area contributed by atoms with Crippen molar-refractivity contribution in [1.82, 2.24) is 25.5 Å². The molecule has 0 bridgehead atoms. The number of carbonyl (C=O) groups excluding carboxylic acids is 1. The summed E-state index contributed by atoms with van der Waals surface area (Å²) in [5, 5.41) is 14.5. The second kappa shape index (κ2) is 8.89. The standard InChI is InChI=1S/C26H32N6O/c1-6-7-12-22-27-26(4,5)25(2,3)24(33)32(22)17-18-13-15-19(16-14-18)20-10-8-9-11-21(20)23-28-30-31-29-23/h8-11,13-16H,6-7,12,17H2,1-5H3,(H,28,29,30,31). The van der Waals surface area contributed by atoms with Crippen molar-refractivity contribution in [3.8, 4) is 22.5 Å². The summed E-state index contributed by atoms with van der Waals surface area (Å²) in [6.45, 7) is 10.8. The summed E-state index contributed by atoms with van der Waals surface area (Å²) in [7, 11) is 0. The molecular formula is C26H32N6O. The second-order valence-corrected chi connectivity index (χ2v) is 9.68. The highest BCUT2D eigenvalue weighted by Crippen LogP contribution is 2.40. The van der Waals surface area contributed by atoms with Gasteiger partial charge in [0.15, 0.2) is 0 Å². The van der Waals surface area contributed by atoms with Crippen LogP contribution < -0.4 is 0 Å². The second-order valence-electron chi connectivity index (χ2n) is 9.68. The van der Waals surface area contributed by atoms with Crippen molar-refractivity contribution in [3.05, 3.63) is 54.1 Å². The Balaban J connectivity index is 1.62. The van der Waals surface area contributed by atoms with Crippen LogP contribution in [0.4, 0.5) is 0 Å². The molecule has 0 unspecified atom stereocenters. The van der Waals surface area contributed by atoms with Crippen LogP contribution >= 0.6 is 0 Å². The zero-order chi connectivity index (χ0) is 23.6. The lowest BCUT2D eigenvalue weighted by Crippen LogP contribution is -2.57. The van der Waals surface area contributed by atoms with Gasteiger partial charge in [-0.15, -0.1) is 10.2 Å². The molecule has 3 aromatic rings. The maximum Gasteiger partial charge on any atom is 0.236 e. The van der Waals surface area contributed by atoms with E-state index in [1.165, 1.54) is 0 Å². The fourth-order valence-corrected chi connectivity index (χ4v) is 4.11. The van der Waals surface area contributed by atoms with Gasteiger partial charge in [0.05, 0.1) is 17.5 Å². The van der Waals surface area contributed by atoms with Gasteiger partial charge >= 0.3 is 0 Å². The van der Waals surface area contributed by atoms with Gasteiger partial charge in [-0.25, -0.2) is 0 Å². The number of aliphatic imine (C=N–C) groups is 1. The Labute approximate surface area is 195 Å².